The van der Waals surface area contributed by atoms with Crippen molar-refractivity contribution in [1.82, 2.24) is 20.2 Å². The molecule has 0 saturated carbocycles. The molecular weight excluding hydrogens is 236 g/mol. The van der Waals surface area contributed by atoms with Gasteiger partial charge in [0, 0.05) is 5.75 Å². The topological polar surface area (TPSA) is 63.8 Å². The molecule has 2 aromatic rings. The summed E-state index contributed by atoms with van der Waals surface area (Å²) in [6.07, 6.45) is 0.440. The maximum atomic E-state index is 9.20. The maximum Gasteiger partial charge on any atom is 0.214 e. The minimum Gasteiger partial charge on any atom is -0.393 e. The van der Waals surface area contributed by atoms with Crippen molar-refractivity contribution in [2.45, 2.75) is 24.6 Å². The van der Waals surface area contributed by atoms with Gasteiger partial charge >= 0.3 is 0 Å². The number of tetrazole rings is 1. The molecule has 0 aliphatic heterocycles. The molecule has 0 aliphatic carbocycles. The Morgan fingerprint density at radius 1 is 1.35 bits per heavy atom. The molecule has 0 spiro atoms. The normalized spacial score (nSPS) is 12.6. The zero-order chi connectivity index (χ0) is 12.1. The van der Waals surface area contributed by atoms with Crippen LogP contribution in [-0.4, -0.2) is 37.2 Å². The van der Waals surface area contributed by atoms with Gasteiger partial charge in [0.25, 0.3) is 0 Å². The SMILES string of the molecule is CC(O)CCSc1nnnn1-c1ccccc1. The van der Waals surface area contributed by atoms with Crippen molar-refractivity contribution >= 4 is 11.8 Å². The van der Waals surface area contributed by atoms with Gasteiger partial charge in [0.15, 0.2) is 0 Å². The molecule has 1 N–H and O–H groups in total. The predicted octanol–water partition coefficient (Wildman–Crippen LogP) is 1.53. The molecule has 1 heterocycles. The van der Waals surface area contributed by atoms with E-state index in [1.165, 1.54) is 0 Å². The monoisotopic (exact) mass is 250 g/mol. The Hall–Kier alpha value is -1.40. The number of hydrogen-bond acceptors (Lipinski definition) is 5. The molecule has 0 fully saturated rings. The van der Waals surface area contributed by atoms with E-state index in [1.54, 1.807) is 23.4 Å². The smallest absolute Gasteiger partial charge is 0.214 e. The van der Waals surface area contributed by atoms with Gasteiger partial charge in [-0.3, -0.25) is 0 Å². The minimum atomic E-state index is -0.288. The summed E-state index contributed by atoms with van der Waals surface area (Å²) in [4.78, 5) is 0. The van der Waals surface area contributed by atoms with Crippen LogP contribution in [0.4, 0.5) is 0 Å². The van der Waals surface area contributed by atoms with Crippen molar-refractivity contribution in [3.05, 3.63) is 30.3 Å². The first kappa shape index (κ1) is 12.1. The third-order valence-corrected chi connectivity index (χ3v) is 3.16. The molecule has 6 heteroatoms. The van der Waals surface area contributed by atoms with Crippen LogP contribution in [0.3, 0.4) is 0 Å². The third-order valence-electron chi connectivity index (χ3n) is 2.21. The van der Waals surface area contributed by atoms with Gasteiger partial charge in [-0.1, -0.05) is 30.0 Å². The summed E-state index contributed by atoms with van der Waals surface area (Å²) in [5.74, 6) is 0.797. The van der Waals surface area contributed by atoms with E-state index in [1.807, 2.05) is 30.3 Å². The molecule has 5 nitrogen and oxygen atoms in total. The van der Waals surface area contributed by atoms with Crippen LogP contribution < -0.4 is 0 Å². The molecule has 0 aliphatic rings. The summed E-state index contributed by atoms with van der Waals surface area (Å²) >= 11 is 1.54. The highest BCUT2D eigenvalue weighted by molar-refractivity contribution is 7.99. The lowest BCUT2D eigenvalue weighted by atomic mass is 10.3. The molecule has 1 unspecified atom stereocenters. The highest BCUT2D eigenvalue weighted by Crippen LogP contribution is 2.18. The van der Waals surface area contributed by atoms with Gasteiger partial charge in [0.2, 0.25) is 5.16 Å². The zero-order valence-corrected chi connectivity index (χ0v) is 10.3. The van der Waals surface area contributed by atoms with Gasteiger partial charge in [-0.05, 0) is 35.9 Å². The van der Waals surface area contributed by atoms with Crippen LogP contribution in [0, 0.1) is 0 Å². The van der Waals surface area contributed by atoms with Crippen molar-refractivity contribution in [1.29, 1.82) is 0 Å². The van der Waals surface area contributed by atoms with Crippen LogP contribution in [0.15, 0.2) is 35.5 Å². The van der Waals surface area contributed by atoms with Gasteiger partial charge in [-0.25, -0.2) is 0 Å². The van der Waals surface area contributed by atoms with Crippen LogP contribution in [0.5, 0.6) is 0 Å². The Balaban J connectivity index is 2.07. The summed E-state index contributed by atoms with van der Waals surface area (Å²) in [6, 6.07) is 9.75. The fourth-order valence-electron chi connectivity index (χ4n) is 1.32. The number of thioether (sulfide) groups is 1. The maximum absolute atomic E-state index is 9.20. The lowest BCUT2D eigenvalue weighted by Gasteiger charge is -2.04. The number of hydrogen-bond donors (Lipinski definition) is 1. The van der Waals surface area contributed by atoms with Crippen LogP contribution in [-0.2, 0) is 0 Å². The van der Waals surface area contributed by atoms with Crippen molar-refractivity contribution in [2.24, 2.45) is 0 Å². The highest BCUT2D eigenvalue weighted by Gasteiger charge is 2.08. The van der Waals surface area contributed by atoms with E-state index in [9.17, 15) is 5.11 Å². The first-order valence-electron chi connectivity index (χ1n) is 5.42. The molecule has 1 atom stereocenters. The quantitative estimate of drug-likeness (QED) is 0.815. The average molecular weight is 250 g/mol. The number of nitrogens with zero attached hydrogens (tertiary/aromatic N) is 4. The molecule has 0 bridgehead atoms. The van der Waals surface area contributed by atoms with Crippen LogP contribution >= 0.6 is 11.8 Å². The van der Waals surface area contributed by atoms with Crippen molar-refractivity contribution < 1.29 is 5.11 Å². The van der Waals surface area contributed by atoms with E-state index < -0.39 is 0 Å². The number of rotatable bonds is 5. The highest BCUT2D eigenvalue weighted by atomic mass is 32.2. The van der Waals surface area contributed by atoms with Crippen LogP contribution in [0.2, 0.25) is 0 Å². The molecule has 90 valence electrons. The Morgan fingerprint density at radius 2 is 2.12 bits per heavy atom. The van der Waals surface area contributed by atoms with Gasteiger partial charge in [0.05, 0.1) is 11.8 Å². The Morgan fingerprint density at radius 3 is 2.82 bits per heavy atom. The molecule has 1 aromatic carbocycles. The van der Waals surface area contributed by atoms with Crippen LogP contribution in [0.25, 0.3) is 5.69 Å². The second kappa shape index (κ2) is 5.79. The minimum absolute atomic E-state index is 0.288. The second-order valence-corrected chi connectivity index (χ2v) is 4.76. The molecule has 0 amide bonds. The number of aromatic nitrogens is 4. The largest absolute Gasteiger partial charge is 0.393 e. The van der Waals surface area contributed by atoms with Gasteiger partial charge in [-0.15, -0.1) is 5.10 Å². The van der Waals surface area contributed by atoms with Gasteiger partial charge in [-0.2, -0.15) is 4.68 Å². The fraction of sp³-hybridized carbons (Fsp3) is 0.364. The lowest BCUT2D eigenvalue weighted by molar-refractivity contribution is 0.192. The number of para-hydroxylation sites is 1. The van der Waals surface area contributed by atoms with Gasteiger partial charge < -0.3 is 5.11 Å². The molecule has 0 radical (unpaired) electrons. The standard InChI is InChI=1S/C11H14N4OS/c1-9(16)7-8-17-11-12-13-14-15(11)10-5-3-2-4-6-10/h2-6,9,16H,7-8H2,1H3. The van der Waals surface area contributed by atoms with Crippen molar-refractivity contribution in [3.63, 3.8) is 0 Å². The fourth-order valence-corrected chi connectivity index (χ4v) is 2.32. The Bertz CT molecular complexity index is 458. The first-order chi connectivity index (χ1) is 8.27. The van der Waals surface area contributed by atoms with E-state index in [0.29, 0.717) is 0 Å². The van der Waals surface area contributed by atoms with Crippen LogP contribution in [0.1, 0.15) is 13.3 Å². The molecule has 17 heavy (non-hydrogen) atoms. The van der Waals surface area contributed by atoms with Crippen molar-refractivity contribution in [2.75, 3.05) is 5.75 Å². The number of aliphatic hydroxyl groups is 1. The van der Waals surface area contributed by atoms with Gasteiger partial charge in [0.1, 0.15) is 0 Å². The third kappa shape index (κ3) is 3.28. The molecular formula is C11H14N4OS. The average Bonchev–Trinajstić information content (AvgIpc) is 2.78. The second-order valence-electron chi connectivity index (χ2n) is 3.69. The number of aliphatic hydroxyl groups excluding tert-OH is 1. The Labute approximate surface area is 104 Å². The summed E-state index contributed by atoms with van der Waals surface area (Å²) in [5, 5.41) is 21.5. The lowest BCUT2D eigenvalue weighted by Crippen LogP contribution is -2.02. The molecule has 1 aromatic heterocycles. The summed E-state index contributed by atoms with van der Waals surface area (Å²) in [5.41, 5.74) is 0.942. The van der Waals surface area contributed by atoms with E-state index in [0.717, 1.165) is 23.0 Å². The summed E-state index contributed by atoms with van der Waals surface area (Å²) < 4.78 is 1.70. The molecule has 0 saturated heterocycles. The summed E-state index contributed by atoms with van der Waals surface area (Å²) in [6.45, 7) is 1.78. The summed E-state index contributed by atoms with van der Waals surface area (Å²) in [7, 11) is 0. The van der Waals surface area contributed by atoms with E-state index in [2.05, 4.69) is 15.5 Å². The Kier molecular flexibility index (Phi) is 4.11. The van der Waals surface area contributed by atoms with E-state index in [-0.39, 0.29) is 6.10 Å². The zero-order valence-electron chi connectivity index (χ0n) is 9.52. The predicted molar refractivity (Wildman–Crippen MR) is 66.2 cm³/mol. The van der Waals surface area contributed by atoms with E-state index in [4.69, 9.17) is 0 Å². The van der Waals surface area contributed by atoms with E-state index >= 15 is 0 Å². The first-order valence-corrected chi connectivity index (χ1v) is 6.40. The van der Waals surface area contributed by atoms with Crippen molar-refractivity contribution in [3.8, 4) is 5.69 Å². The number of benzene rings is 1. The molecule has 2 rings (SSSR count).